The molecule has 1 heterocycles. The summed E-state index contributed by atoms with van der Waals surface area (Å²) in [4.78, 5) is 17.0. The lowest BCUT2D eigenvalue weighted by Gasteiger charge is -2.23. The Morgan fingerprint density at radius 1 is 1.47 bits per heavy atom. The number of hydrogen-bond donors (Lipinski definition) is 1. The summed E-state index contributed by atoms with van der Waals surface area (Å²) in [5, 5.41) is 4.21. The molecule has 5 heteroatoms. The van der Waals surface area contributed by atoms with Gasteiger partial charge >= 0.3 is 5.97 Å². The monoisotopic (exact) mass is 282 g/mol. The molecular weight excluding hydrogens is 260 g/mol. The summed E-state index contributed by atoms with van der Waals surface area (Å²) in [6.45, 7) is 7.35. The van der Waals surface area contributed by atoms with Crippen molar-refractivity contribution in [3.63, 3.8) is 0 Å². The summed E-state index contributed by atoms with van der Waals surface area (Å²) in [5.41, 5.74) is 0.829. The van der Waals surface area contributed by atoms with E-state index in [1.165, 1.54) is 37.0 Å². The van der Waals surface area contributed by atoms with Crippen LogP contribution in [0, 0.1) is 12.3 Å². The number of esters is 1. The molecule has 1 fully saturated rings. The zero-order chi connectivity index (χ0) is 13.9. The van der Waals surface area contributed by atoms with Gasteiger partial charge in [-0.05, 0) is 32.1 Å². The Kier molecular flexibility index (Phi) is 4.45. The first-order valence-corrected chi connectivity index (χ1v) is 7.74. The first-order chi connectivity index (χ1) is 9.04. The number of carbonyl (C=O) groups excluding carboxylic acids is 1. The van der Waals surface area contributed by atoms with Gasteiger partial charge in [-0.15, -0.1) is 11.3 Å². The molecule has 0 radical (unpaired) electrons. The predicted molar refractivity (Wildman–Crippen MR) is 77.9 cm³/mol. The topological polar surface area (TPSA) is 51.2 Å². The quantitative estimate of drug-likeness (QED) is 0.838. The van der Waals surface area contributed by atoms with Crippen molar-refractivity contribution in [3.05, 3.63) is 10.6 Å². The third-order valence-electron chi connectivity index (χ3n) is 3.74. The van der Waals surface area contributed by atoms with Gasteiger partial charge < -0.3 is 10.1 Å². The molecule has 1 N–H and O–H groups in total. The summed E-state index contributed by atoms with van der Waals surface area (Å²) in [5.74, 6) is -0.323. The highest BCUT2D eigenvalue weighted by atomic mass is 32.1. The molecule has 1 aromatic rings. The van der Waals surface area contributed by atoms with Crippen LogP contribution < -0.4 is 5.32 Å². The second-order valence-electron chi connectivity index (χ2n) is 5.52. The molecule has 19 heavy (non-hydrogen) atoms. The molecule has 0 aliphatic heterocycles. The van der Waals surface area contributed by atoms with E-state index in [0.29, 0.717) is 17.7 Å². The van der Waals surface area contributed by atoms with Crippen molar-refractivity contribution in [1.29, 1.82) is 0 Å². The summed E-state index contributed by atoms with van der Waals surface area (Å²) >= 11 is 1.53. The van der Waals surface area contributed by atoms with Crippen LogP contribution in [-0.4, -0.2) is 24.1 Å². The van der Waals surface area contributed by atoms with E-state index in [1.807, 2.05) is 6.92 Å². The summed E-state index contributed by atoms with van der Waals surface area (Å²) in [6.07, 6.45) is 5.19. The van der Waals surface area contributed by atoms with Crippen LogP contribution in [0.1, 0.15) is 54.9 Å². The third kappa shape index (κ3) is 3.47. The molecule has 4 nitrogen and oxygen atoms in total. The number of anilines is 1. The lowest BCUT2D eigenvalue weighted by molar-refractivity contribution is 0.0519. The summed E-state index contributed by atoms with van der Waals surface area (Å²) in [7, 11) is 0. The fourth-order valence-corrected chi connectivity index (χ4v) is 3.35. The van der Waals surface area contributed by atoms with Gasteiger partial charge in [0.05, 0.1) is 6.61 Å². The van der Waals surface area contributed by atoms with Gasteiger partial charge in [0.15, 0.2) is 10.8 Å². The third-order valence-corrected chi connectivity index (χ3v) is 4.67. The van der Waals surface area contributed by atoms with Gasteiger partial charge in [-0.25, -0.2) is 9.78 Å². The first kappa shape index (κ1) is 14.3. The molecule has 0 saturated heterocycles. The Labute approximate surface area is 118 Å². The van der Waals surface area contributed by atoms with Crippen molar-refractivity contribution in [3.8, 4) is 0 Å². The van der Waals surface area contributed by atoms with E-state index in [4.69, 9.17) is 4.74 Å². The number of aryl methyl sites for hydroxylation is 1. The number of ether oxygens (including phenoxy) is 1. The molecule has 1 aliphatic rings. The van der Waals surface area contributed by atoms with Crippen LogP contribution in [0.3, 0.4) is 0 Å². The fraction of sp³-hybridized carbons (Fsp3) is 0.714. The Bertz CT molecular complexity index is 450. The lowest BCUT2D eigenvalue weighted by atomic mass is 9.89. The lowest BCUT2D eigenvalue weighted by Crippen LogP contribution is -2.22. The minimum absolute atomic E-state index is 0.323. The number of hydrogen-bond acceptors (Lipinski definition) is 5. The highest BCUT2D eigenvalue weighted by Gasteiger charge is 2.28. The molecule has 106 valence electrons. The number of rotatable bonds is 5. The zero-order valence-electron chi connectivity index (χ0n) is 11.9. The Morgan fingerprint density at radius 2 is 2.16 bits per heavy atom. The predicted octanol–water partition coefficient (Wildman–Crippen LogP) is 3.62. The summed E-state index contributed by atoms with van der Waals surface area (Å²) < 4.78 is 5.00. The molecule has 1 aliphatic carbocycles. The Balaban J connectivity index is 1.98. The second kappa shape index (κ2) is 5.90. The van der Waals surface area contributed by atoms with E-state index >= 15 is 0 Å². The highest BCUT2D eigenvalue weighted by molar-refractivity contribution is 7.15. The van der Waals surface area contributed by atoms with Crippen LogP contribution in [0.2, 0.25) is 0 Å². The van der Waals surface area contributed by atoms with Crippen molar-refractivity contribution < 1.29 is 9.53 Å². The number of carbonyl (C=O) groups is 1. The van der Waals surface area contributed by atoms with Gasteiger partial charge in [0.2, 0.25) is 0 Å². The molecular formula is C14H22N2O2S. The van der Waals surface area contributed by atoms with Crippen molar-refractivity contribution >= 4 is 22.4 Å². The maximum atomic E-state index is 11.7. The van der Waals surface area contributed by atoms with Crippen LogP contribution >= 0.6 is 11.3 Å². The SMILES string of the molecule is CCOC(=O)c1nc(NCC2(C)CCCC2)sc1C. The largest absolute Gasteiger partial charge is 0.461 e. The highest BCUT2D eigenvalue weighted by Crippen LogP contribution is 2.37. The van der Waals surface area contributed by atoms with Crippen molar-refractivity contribution in [2.75, 3.05) is 18.5 Å². The van der Waals surface area contributed by atoms with E-state index in [9.17, 15) is 4.79 Å². The first-order valence-electron chi connectivity index (χ1n) is 6.92. The molecule has 0 unspecified atom stereocenters. The Morgan fingerprint density at radius 3 is 2.79 bits per heavy atom. The summed E-state index contributed by atoms with van der Waals surface area (Å²) in [6, 6.07) is 0. The van der Waals surface area contributed by atoms with Gasteiger partial charge in [0, 0.05) is 11.4 Å². The second-order valence-corrected chi connectivity index (χ2v) is 6.72. The van der Waals surface area contributed by atoms with Crippen molar-refractivity contribution in [1.82, 2.24) is 4.98 Å². The maximum Gasteiger partial charge on any atom is 0.358 e. The van der Waals surface area contributed by atoms with Crippen LogP contribution in [-0.2, 0) is 4.74 Å². The van der Waals surface area contributed by atoms with E-state index < -0.39 is 0 Å². The smallest absolute Gasteiger partial charge is 0.358 e. The molecule has 0 amide bonds. The number of nitrogens with one attached hydrogen (secondary N) is 1. The normalized spacial score (nSPS) is 17.4. The molecule has 2 rings (SSSR count). The van der Waals surface area contributed by atoms with Gasteiger partial charge in [-0.2, -0.15) is 0 Å². The molecule has 1 saturated carbocycles. The van der Waals surface area contributed by atoms with Gasteiger partial charge in [-0.3, -0.25) is 0 Å². The van der Waals surface area contributed by atoms with Gasteiger partial charge in [0.1, 0.15) is 0 Å². The number of aromatic nitrogens is 1. The molecule has 0 bridgehead atoms. The molecule has 0 atom stereocenters. The van der Waals surface area contributed by atoms with E-state index in [0.717, 1.165) is 16.6 Å². The maximum absolute atomic E-state index is 11.7. The molecule has 0 aromatic carbocycles. The van der Waals surface area contributed by atoms with E-state index in [2.05, 4.69) is 17.2 Å². The van der Waals surface area contributed by atoms with Crippen LogP contribution in [0.4, 0.5) is 5.13 Å². The number of thiazole rings is 1. The molecule has 1 aromatic heterocycles. The van der Waals surface area contributed by atoms with Crippen molar-refractivity contribution in [2.24, 2.45) is 5.41 Å². The van der Waals surface area contributed by atoms with Crippen LogP contribution in [0.25, 0.3) is 0 Å². The minimum Gasteiger partial charge on any atom is -0.461 e. The van der Waals surface area contributed by atoms with Gasteiger partial charge in [0.25, 0.3) is 0 Å². The van der Waals surface area contributed by atoms with Crippen LogP contribution in [0.15, 0.2) is 0 Å². The fourth-order valence-electron chi connectivity index (χ4n) is 2.56. The Hall–Kier alpha value is -1.10. The average Bonchev–Trinajstić information content (AvgIpc) is 2.94. The van der Waals surface area contributed by atoms with Crippen molar-refractivity contribution in [2.45, 2.75) is 46.5 Å². The standard InChI is InChI=1S/C14H22N2O2S/c1-4-18-12(17)11-10(2)19-13(16-11)15-9-14(3)7-5-6-8-14/h4-9H2,1-3H3,(H,15,16). The van der Waals surface area contributed by atoms with E-state index in [-0.39, 0.29) is 5.97 Å². The minimum atomic E-state index is -0.323. The molecule has 0 spiro atoms. The van der Waals surface area contributed by atoms with Gasteiger partial charge in [-0.1, -0.05) is 19.8 Å². The van der Waals surface area contributed by atoms with Crippen LogP contribution in [0.5, 0.6) is 0 Å². The average molecular weight is 282 g/mol. The number of nitrogens with zero attached hydrogens (tertiary/aromatic N) is 1. The van der Waals surface area contributed by atoms with E-state index in [1.54, 1.807) is 6.92 Å². The zero-order valence-corrected chi connectivity index (χ0v) is 12.7.